The van der Waals surface area contributed by atoms with Gasteiger partial charge in [0, 0.05) is 50.6 Å². The van der Waals surface area contributed by atoms with Crippen LogP contribution < -0.4 is 20.1 Å². The number of nitrogens with one attached hydrogen (secondary N) is 2. The summed E-state index contributed by atoms with van der Waals surface area (Å²) in [5.74, 6) is 0.232. The van der Waals surface area contributed by atoms with Crippen LogP contribution in [-0.2, 0) is 20.3 Å². The van der Waals surface area contributed by atoms with Crippen LogP contribution in [0.5, 0.6) is 11.5 Å². The summed E-state index contributed by atoms with van der Waals surface area (Å²) >= 11 is 0. The molecule has 0 aromatic carbocycles. The van der Waals surface area contributed by atoms with Gasteiger partial charge in [-0.15, -0.1) is 0 Å². The lowest BCUT2D eigenvalue weighted by Crippen LogP contribution is -2.51. The van der Waals surface area contributed by atoms with E-state index in [4.69, 9.17) is 28.9 Å². The molecule has 18 heteroatoms. The van der Waals surface area contributed by atoms with E-state index in [0.717, 1.165) is 50.1 Å². The van der Waals surface area contributed by atoms with E-state index in [1.165, 1.54) is 36.4 Å². The van der Waals surface area contributed by atoms with Gasteiger partial charge in [-0.25, -0.2) is 37.5 Å². The Morgan fingerprint density at radius 1 is 0.754 bits per heavy atom. The van der Waals surface area contributed by atoms with Crippen LogP contribution in [0.4, 0.5) is 28.9 Å². The highest BCUT2D eigenvalue weighted by Gasteiger charge is 2.61. The molecular formula is C47H56F4N8O6. The van der Waals surface area contributed by atoms with E-state index in [2.05, 4.69) is 27.5 Å². The van der Waals surface area contributed by atoms with Gasteiger partial charge >= 0.3 is 0 Å². The molecule has 2 saturated carbocycles. The third kappa shape index (κ3) is 9.10. The van der Waals surface area contributed by atoms with Crippen molar-refractivity contribution in [2.75, 3.05) is 43.7 Å². The molecule has 9 heterocycles. The minimum Gasteiger partial charge on any atom is -0.491 e. The van der Waals surface area contributed by atoms with Crippen molar-refractivity contribution in [3.05, 3.63) is 107 Å². The van der Waals surface area contributed by atoms with Crippen molar-refractivity contribution < 1.29 is 49.0 Å². The van der Waals surface area contributed by atoms with Gasteiger partial charge in [0.2, 0.25) is 0 Å². The summed E-state index contributed by atoms with van der Waals surface area (Å²) in [5.41, 5.74) is 2.99. The van der Waals surface area contributed by atoms with Gasteiger partial charge in [0.1, 0.15) is 56.9 Å². The number of nitrogens with zero attached hydrogens (tertiary/aromatic N) is 6. The first-order chi connectivity index (χ1) is 31.3. The maximum atomic E-state index is 13.0. The highest BCUT2D eigenvalue weighted by molar-refractivity contribution is 6.04. The van der Waals surface area contributed by atoms with Crippen molar-refractivity contribution in [3.63, 3.8) is 0 Å². The first kappa shape index (κ1) is 45.4. The van der Waals surface area contributed by atoms with Crippen LogP contribution in [0.25, 0.3) is 11.3 Å². The highest BCUT2D eigenvalue weighted by Crippen LogP contribution is 2.58. The molecule has 5 aliphatic rings. The Morgan fingerprint density at radius 2 is 1.26 bits per heavy atom. The average Bonchev–Trinajstić information content (AvgIpc) is 3.61. The molecule has 6 aromatic heterocycles. The molecule has 0 spiro atoms. The molecule has 14 nitrogen and oxygen atoms in total. The van der Waals surface area contributed by atoms with Crippen molar-refractivity contribution in [2.45, 2.75) is 96.0 Å². The highest BCUT2D eigenvalue weighted by atomic mass is 19.3. The molecule has 6 aromatic rings. The van der Waals surface area contributed by atoms with E-state index >= 15 is 0 Å². The maximum Gasteiger partial charge on any atom is 0.280 e. The van der Waals surface area contributed by atoms with Crippen molar-refractivity contribution in [2.24, 2.45) is 5.92 Å². The second-order valence-electron chi connectivity index (χ2n) is 16.7. The lowest BCUT2D eigenvalue weighted by atomic mass is 9.65. The van der Waals surface area contributed by atoms with Crippen LogP contribution >= 0.6 is 0 Å². The SMILES string of the molecule is CC.CCOc1cc2nc(C34CCC(C)(CC3)OC4)cn2cc1NC(=O)c1cccc(C(F)F)n1.CCOc1cc2nc(C34COCC3C4)cn2cc1NC(=O)c1cccc(C(F)F)n1.[HH].[HH]. The smallest absolute Gasteiger partial charge is 0.280 e. The van der Waals surface area contributed by atoms with Gasteiger partial charge in [-0.3, -0.25) is 9.59 Å². The Kier molecular flexibility index (Phi) is 12.9. The standard InChI is InChI=1S/C24H26F2N4O3.C21H20F2N4O3.C2H6.2H2/c1-3-32-18-11-20-29-19(24-9-7-23(2,8-10-24)33-14-24)13-30(20)12-17(18)28-22(31)16-6-4-5-15(27-16)21(25)26;1-2-30-16-6-18-26-17(21-7-12(21)10-29-11-21)9-27(18)8-15(16)25-20(28)14-5-3-4-13(24-14)19(22)23;1-2;;/h4-6,11-13,21H,3,7-10,14H2,1-2H3,(H,28,31);3-6,8-9,12,19H,2,7,10-11H2,1H3,(H,25,28);1-2H3;2*1H. The number of carbonyl (C=O) groups is 2. The van der Waals surface area contributed by atoms with Crippen LogP contribution in [0.1, 0.15) is 126 Å². The topological polar surface area (TPSA) is 156 Å². The Balaban J connectivity index is 0.000000208. The number of halogens is 4. The number of imidazole rings is 2. The summed E-state index contributed by atoms with van der Waals surface area (Å²) in [6.07, 6.45) is 7.04. The molecular weight excluding hydrogens is 849 g/mol. The fourth-order valence-corrected chi connectivity index (χ4v) is 8.77. The van der Waals surface area contributed by atoms with Crippen molar-refractivity contribution >= 4 is 34.5 Å². The van der Waals surface area contributed by atoms with Gasteiger partial charge < -0.3 is 38.4 Å². The van der Waals surface area contributed by atoms with Gasteiger partial charge in [-0.1, -0.05) is 26.0 Å². The van der Waals surface area contributed by atoms with Gasteiger partial charge in [-0.2, -0.15) is 0 Å². The van der Waals surface area contributed by atoms with Gasteiger partial charge in [-0.05, 0) is 83.1 Å². The zero-order valence-electron chi connectivity index (χ0n) is 36.9. The second kappa shape index (κ2) is 18.4. The predicted molar refractivity (Wildman–Crippen MR) is 238 cm³/mol. The number of hydrogen-bond donors (Lipinski definition) is 2. The van der Waals surface area contributed by atoms with Gasteiger partial charge in [0.05, 0.1) is 50.0 Å². The lowest BCUT2D eigenvalue weighted by Gasteiger charge is -2.51. The molecule has 65 heavy (non-hydrogen) atoms. The molecule has 2 bridgehead atoms. The Hall–Kier alpha value is -6.14. The molecule has 3 saturated heterocycles. The van der Waals surface area contributed by atoms with Crippen molar-refractivity contribution in [3.8, 4) is 11.5 Å². The molecule has 0 radical (unpaired) electrons. The number of hydrogen-bond acceptors (Lipinski definition) is 10. The quantitative estimate of drug-likeness (QED) is 0.113. The Morgan fingerprint density at radius 3 is 1.69 bits per heavy atom. The molecule has 348 valence electrons. The number of aromatic nitrogens is 6. The summed E-state index contributed by atoms with van der Waals surface area (Å²) in [6.45, 7) is 12.7. The zero-order valence-corrected chi connectivity index (χ0v) is 36.9. The number of rotatable bonds is 12. The van der Waals surface area contributed by atoms with E-state index in [0.29, 0.717) is 66.5 Å². The average molecular weight is 905 g/mol. The molecule has 2 N–H and O–H groups in total. The Bertz CT molecular complexity index is 2700. The van der Waals surface area contributed by atoms with E-state index < -0.39 is 36.1 Å². The molecule has 2 atom stereocenters. The number of amides is 2. The molecule has 3 aliphatic heterocycles. The molecule has 2 amide bonds. The first-order valence-electron chi connectivity index (χ1n) is 22.0. The van der Waals surface area contributed by atoms with Crippen LogP contribution in [0, 0.1) is 5.92 Å². The third-order valence-corrected chi connectivity index (χ3v) is 12.6. The molecule has 2 unspecified atom stereocenters. The van der Waals surface area contributed by atoms with E-state index in [1.54, 1.807) is 24.5 Å². The normalized spacial score (nSPS) is 22.8. The number of fused-ring (bicyclic) bond motifs is 6. The monoisotopic (exact) mass is 904 g/mol. The molecule has 2 aliphatic carbocycles. The van der Waals surface area contributed by atoms with Gasteiger partial charge in [0.25, 0.3) is 24.7 Å². The minimum absolute atomic E-state index is 0. The minimum atomic E-state index is -2.75. The number of anilines is 2. The van der Waals surface area contributed by atoms with Crippen molar-refractivity contribution in [1.82, 2.24) is 28.7 Å². The van der Waals surface area contributed by atoms with Gasteiger partial charge in [0.15, 0.2) is 0 Å². The Labute approximate surface area is 376 Å². The van der Waals surface area contributed by atoms with Crippen LogP contribution in [-0.4, -0.2) is 79.2 Å². The van der Waals surface area contributed by atoms with E-state index in [-0.39, 0.29) is 30.7 Å². The first-order valence-corrected chi connectivity index (χ1v) is 22.0. The van der Waals surface area contributed by atoms with E-state index in [1.807, 2.05) is 48.9 Å². The van der Waals surface area contributed by atoms with Crippen LogP contribution in [0.15, 0.2) is 73.3 Å². The van der Waals surface area contributed by atoms with Crippen LogP contribution in [0.3, 0.4) is 0 Å². The fourth-order valence-electron chi connectivity index (χ4n) is 8.77. The predicted octanol–water partition coefficient (Wildman–Crippen LogP) is 10.0. The number of carbonyl (C=O) groups excluding carboxylic acids is 2. The van der Waals surface area contributed by atoms with Crippen molar-refractivity contribution in [1.29, 1.82) is 0 Å². The summed E-state index contributed by atoms with van der Waals surface area (Å²) in [6, 6.07) is 11.5. The van der Waals surface area contributed by atoms with E-state index in [9.17, 15) is 27.2 Å². The summed E-state index contributed by atoms with van der Waals surface area (Å²) < 4.78 is 78.6. The maximum absolute atomic E-state index is 13.0. The summed E-state index contributed by atoms with van der Waals surface area (Å²) in [5, 5.41) is 5.47. The molecule has 11 rings (SSSR count). The number of alkyl halides is 4. The second-order valence-corrected chi connectivity index (χ2v) is 16.7. The molecule has 5 fully saturated rings. The fraction of sp³-hybridized carbons (Fsp3) is 0.447. The van der Waals surface area contributed by atoms with Crippen LogP contribution in [0.2, 0.25) is 0 Å². The lowest BCUT2D eigenvalue weighted by molar-refractivity contribution is -0.146. The number of ether oxygens (including phenoxy) is 4. The third-order valence-electron chi connectivity index (χ3n) is 12.6. The summed E-state index contributed by atoms with van der Waals surface area (Å²) in [4.78, 5) is 42.5. The number of pyridine rings is 4. The summed E-state index contributed by atoms with van der Waals surface area (Å²) in [7, 11) is 0. The zero-order chi connectivity index (χ0) is 46.1. The largest absolute Gasteiger partial charge is 0.491 e.